The normalized spacial score (nSPS) is 12.0. The van der Waals surface area contributed by atoms with Crippen molar-refractivity contribution in [3.8, 4) is 0 Å². The van der Waals surface area contributed by atoms with Crippen molar-refractivity contribution in [2.75, 3.05) is 26.1 Å². The van der Waals surface area contributed by atoms with Gasteiger partial charge in [-0.3, -0.25) is 0 Å². The number of nitrogens with one attached hydrogen (secondary N) is 1. The summed E-state index contributed by atoms with van der Waals surface area (Å²) in [6.45, 7) is -0.0504. The Hall–Kier alpha value is -0.870. The standard InChI is InChI=1S/C7H12F3N5OS/c1-11-2-3-15-6(12-13-14-15)17-5-16-4-7(8,9)10/h11H,2-5H2,1H3. The average Bonchev–Trinajstić information content (AvgIpc) is 2.67. The summed E-state index contributed by atoms with van der Waals surface area (Å²) < 4.78 is 41.3. The minimum Gasteiger partial charge on any atom is -0.361 e. The summed E-state index contributed by atoms with van der Waals surface area (Å²) in [5.74, 6) is -0.139. The monoisotopic (exact) mass is 271 g/mol. The zero-order chi connectivity index (χ0) is 12.7. The van der Waals surface area contributed by atoms with Crippen LogP contribution in [-0.4, -0.2) is 52.5 Å². The molecule has 0 fully saturated rings. The van der Waals surface area contributed by atoms with Gasteiger partial charge in [0.25, 0.3) is 0 Å². The van der Waals surface area contributed by atoms with E-state index in [2.05, 4.69) is 25.6 Å². The minimum absolute atomic E-state index is 0.139. The van der Waals surface area contributed by atoms with Gasteiger partial charge in [-0.05, 0) is 17.5 Å². The lowest BCUT2D eigenvalue weighted by Crippen LogP contribution is -2.18. The first-order valence-electron chi connectivity index (χ1n) is 4.71. The van der Waals surface area contributed by atoms with Crippen molar-refractivity contribution in [3.63, 3.8) is 0 Å². The van der Waals surface area contributed by atoms with Gasteiger partial charge in [-0.25, -0.2) is 4.68 Å². The van der Waals surface area contributed by atoms with Crippen LogP contribution < -0.4 is 5.32 Å². The zero-order valence-electron chi connectivity index (χ0n) is 9.07. The largest absolute Gasteiger partial charge is 0.411 e. The molecule has 0 aliphatic rings. The molecule has 1 aromatic rings. The van der Waals surface area contributed by atoms with Gasteiger partial charge in [0, 0.05) is 6.54 Å². The van der Waals surface area contributed by atoms with Gasteiger partial charge in [0.2, 0.25) is 5.16 Å². The first-order chi connectivity index (χ1) is 8.03. The Morgan fingerprint density at radius 3 is 2.88 bits per heavy atom. The summed E-state index contributed by atoms with van der Waals surface area (Å²) in [6.07, 6.45) is -4.31. The summed E-state index contributed by atoms with van der Waals surface area (Å²) >= 11 is 1.02. The molecule has 0 amide bonds. The lowest BCUT2D eigenvalue weighted by Gasteiger charge is -2.07. The number of hydrogen-bond donors (Lipinski definition) is 1. The molecule has 0 atom stereocenters. The fourth-order valence-corrected chi connectivity index (χ4v) is 1.55. The highest BCUT2D eigenvalue weighted by Crippen LogP contribution is 2.18. The summed E-state index contributed by atoms with van der Waals surface area (Å²) in [5.41, 5.74) is 0. The highest BCUT2D eigenvalue weighted by molar-refractivity contribution is 7.99. The molecule has 0 aliphatic carbocycles. The maximum absolute atomic E-state index is 11.8. The number of halogens is 3. The predicted molar refractivity (Wildman–Crippen MR) is 54.5 cm³/mol. The fourth-order valence-electron chi connectivity index (χ4n) is 0.910. The number of hydrogen-bond acceptors (Lipinski definition) is 6. The lowest BCUT2D eigenvalue weighted by molar-refractivity contribution is -0.168. The Balaban J connectivity index is 2.29. The van der Waals surface area contributed by atoms with Gasteiger partial charge in [0.1, 0.15) is 12.5 Å². The van der Waals surface area contributed by atoms with E-state index in [0.29, 0.717) is 18.2 Å². The first kappa shape index (κ1) is 14.2. The molecule has 1 N–H and O–H groups in total. The van der Waals surface area contributed by atoms with Crippen LogP contribution in [0.2, 0.25) is 0 Å². The van der Waals surface area contributed by atoms with E-state index in [4.69, 9.17) is 0 Å². The van der Waals surface area contributed by atoms with Crippen molar-refractivity contribution in [3.05, 3.63) is 0 Å². The van der Waals surface area contributed by atoms with Crippen LogP contribution >= 0.6 is 11.8 Å². The molecule has 0 bridgehead atoms. The number of likely N-dealkylation sites (N-methyl/N-ethyl adjacent to an activating group) is 1. The molecule has 0 spiro atoms. The smallest absolute Gasteiger partial charge is 0.361 e. The SMILES string of the molecule is CNCCn1nnnc1SCOCC(F)(F)F. The van der Waals surface area contributed by atoms with E-state index < -0.39 is 12.8 Å². The maximum atomic E-state index is 11.8. The second-order valence-corrected chi connectivity index (χ2v) is 3.90. The molecule has 1 aromatic heterocycles. The topological polar surface area (TPSA) is 64.9 Å². The van der Waals surface area contributed by atoms with E-state index in [1.807, 2.05) is 0 Å². The third-order valence-electron chi connectivity index (χ3n) is 1.61. The van der Waals surface area contributed by atoms with Gasteiger partial charge in [0.05, 0.1) is 6.54 Å². The molecule has 6 nitrogen and oxygen atoms in total. The molecule has 0 aromatic carbocycles. The third-order valence-corrected chi connectivity index (χ3v) is 2.44. The van der Waals surface area contributed by atoms with Crippen molar-refractivity contribution in [2.45, 2.75) is 17.9 Å². The molecule has 0 saturated heterocycles. The average molecular weight is 271 g/mol. The molecule has 98 valence electrons. The van der Waals surface area contributed by atoms with Gasteiger partial charge in [0.15, 0.2) is 0 Å². The number of thioether (sulfide) groups is 1. The molecule has 0 unspecified atom stereocenters. The second kappa shape index (κ2) is 6.77. The van der Waals surface area contributed by atoms with E-state index in [1.54, 1.807) is 7.05 Å². The Bertz CT molecular complexity index is 332. The summed E-state index contributed by atoms with van der Waals surface area (Å²) in [7, 11) is 1.78. The molecular formula is C7H12F3N5OS. The van der Waals surface area contributed by atoms with Gasteiger partial charge in [-0.2, -0.15) is 13.2 Å². The summed E-state index contributed by atoms with van der Waals surface area (Å²) in [4.78, 5) is 0. The van der Waals surface area contributed by atoms with Crippen molar-refractivity contribution < 1.29 is 17.9 Å². The second-order valence-electron chi connectivity index (χ2n) is 3.01. The van der Waals surface area contributed by atoms with Crippen LogP contribution in [0.4, 0.5) is 13.2 Å². The number of nitrogens with zero attached hydrogens (tertiary/aromatic N) is 4. The van der Waals surface area contributed by atoms with Gasteiger partial charge < -0.3 is 10.1 Å². The number of alkyl halides is 3. The molecule has 17 heavy (non-hydrogen) atoms. The van der Waals surface area contributed by atoms with Crippen LogP contribution in [0.3, 0.4) is 0 Å². The van der Waals surface area contributed by atoms with Crippen LogP contribution in [0.25, 0.3) is 0 Å². The maximum Gasteiger partial charge on any atom is 0.411 e. The molecule has 0 saturated carbocycles. The van der Waals surface area contributed by atoms with Crippen LogP contribution in [0.15, 0.2) is 5.16 Å². The van der Waals surface area contributed by atoms with Crippen LogP contribution in [0, 0.1) is 0 Å². The first-order valence-corrected chi connectivity index (χ1v) is 5.69. The Morgan fingerprint density at radius 1 is 1.47 bits per heavy atom. The van der Waals surface area contributed by atoms with Crippen LogP contribution in [0.5, 0.6) is 0 Å². The number of aromatic nitrogens is 4. The van der Waals surface area contributed by atoms with E-state index in [9.17, 15) is 13.2 Å². The number of ether oxygens (including phenoxy) is 1. The number of tetrazole rings is 1. The van der Waals surface area contributed by atoms with Crippen molar-refractivity contribution in [1.82, 2.24) is 25.5 Å². The van der Waals surface area contributed by atoms with E-state index in [0.717, 1.165) is 11.8 Å². The fraction of sp³-hybridized carbons (Fsp3) is 0.857. The lowest BCUT2D eigenvalue weighted by atomic mass is 10.6. The third kappa shape index (κ3) is 5.84. The van der Waals surface area contributed by atoms with Crippen molar-refractivity contribution in [1.29, 1.82) is 0 Å². The molecule has 10 heteroatoms. The zero-order valence-corrected chi connectivity index (χ0v) is 9.88. The molecule has 1 rings (SSSR count). The molecular weight excluding hydrogens is 259 g/mol. The molecule has 1 heterocycles. The van der Waals surface area contributed by atoms with Crippen LogP contribution in [-0.2, 0) is 11.3 Å². The summed E-state index contributed by atoms with van der Waals surface area (Å²) in [5, 5.41) is 14.2. The highest BCUT2D eigenvalue weighted by Gasteiger charge is 2.27. The molecule has 0 aliphatic heterocycles. The Kier molecular flexibility index (Phi) is 5.65. The Morgan fingerprint density at radius 2 is 2.24 bits per heavy atom. The van der Waals surface area contributed by atoms with Gasteiger partial charge in [-0.1, -0.05) is 11.8 Å². The van der Waals surface area contributed by atoms with E-state index in [1.165, 1.54) is 4.68 Å². The van der Waals surface area contributed by atoms with Gasteiger partial charge >= 0.3 is 6.18 Å². The van der Waals surface area contributed by atoms with Crippen LogP contribution in [0.1, 0.15) is 0 Å². The van der Waals surface area contributed by atoms with Gasteiger partial charge in [-0.15, -0.1) is 5.10 Å². The van der Waals surface area contributed by atoms with E-state index >= 15 is 0 Å². The summed E-state index contributed by atoms with van der Waals surface area (Å²) in [6, 6.07) is 0. The molecule has 0 radical (unpaired) electrons. The van der Waals surface area contributed by atoms with E-state index in [-0.39, 0.29) is 5.94 Å². The van der Waals surface area contributed by atoms with Crippen molar-refractivity contribution >= 4 is 11.8 Å². The minimum atomic E-state index is -4.31. The van der Waals surface area contributed by atoms with Crippen molar-refractivity contribution in [2.24, 2.45) is 0 Å². The predicted octanol–water partition coefficient (Wildman–Crippen LogP) is 0.521. The Labute approximate surface area is 99.9 Å². The number of rotatable bonds is 7. The highest BCUT2D eigenvalue weighted by atomic mass is 32.2. The quantitative estimate of drug-likeness (QED) is 0.443.